The third kappa shape index (κ3) is 3.52. The summed E-state index contributed by atoms with van der Waals surface area (Å²) in [6.45, 7) is 6.25. The van der Waals surface area contributed by atoms with E-state index in [4.69, 9.17) is 0 Å². The summed E-state index contributed by atoms with van der Waals surface area (Å²) in [6, 6.07) is 0. The van der Waals surface area contributed by atoms with Gasteiger partial charge in [-0.3, -0.25) is 0 Å². The van der Waals surface area contributed by atoms with Gasteiger partial charge in [0.05, 0.1) is 5.70 Å². The van der Waals surface area contributed by atoms with Crippen molar-refractivity contribution in [3.63, 3.8) is 0 Å². The topological polar surface area (TPSA) is 24.1 Å². The SMILES string of the molecule is C=CNNC(=C)C(F)F. The Morgan fingerprint density at radius 3 is 2.44 bits per heavy atom. The summed E-state index contributed by atoms with van der Waals surface area (Å²) in [5.74, 6) is 0. The minimum absolute atomic E-state index is 0.366. The third-order valence-corrected chi connectivity index (χ3v) is 0.598. The molecule has 0 radical (unpaired) electrons. The van der Waals surface area contributed by atoms with E-state index in [1.165, 1.54) is 6.20 Å². The maximum Gasteiger partial charge on any atom is 0.279 e. The van der Waals surface area contributed by atoms with Gasteiger partial charge in [0.15, 0.2) is 0 Å². The lowest BCUT2D eigenvalue weighted by Gasteiger charge is -2.05. The number of halogens is 2. The molecule has 0 bridgehead atoms. The maximum absolute atomic E-state index is 11.5. The average Bonchev–Trinajstić information content (AvgIpc) is 1.82. The van der Waals surface area contributed by atoms with Crippen molar-refractivity contribution >= 4 is 0 Å². The number of allylic oxidation sites excluding steroid dienone is 1. The summed E-state index contributed by atoms with van der Waals surface area (Å²) in [5, 5.41) is 0. The molecule has 0 fully saturated rings. The molecule has 2 nitrogen and oxygen atoms in total. The number of hydrogen-bond acceptors (Lipinski definition) is 2. The molecule has 0 atom stereocenters. The zero-order valence-corrected chi connectivity index (χ0v) is 4.82. The number of alkyl halides is 2. The van der Waals surface area contributed by atoms with Gasteiger partial charge in [-0.15, -0.1) is 0 Å². The second-order valence-corrected chi connectivity index (χ2v) is 1.30. The number of hydrazine groups is 1. The summed E-state index contributed by atoms with van der Waals surface area (Å²) >= 11 is 0. The van der Waals surface area contributed by atoms with Gasteiger partial charge in [0, 0.05) is 6.20 Å². The minimum Gasteiger partial charge on any atom is -0.309 e. The smallest absolute Gasteiger partial charge is 0.279 e. The van der Waals surface area contributed by atoms with Crippen molar-refractivity contribution in [3.8, 4) is 0 Å². The Labute approximate surface area is 52.2 Å². The molecule has 4 heteroatoms. The van der Waals surface area contributed by atoms with E-state index in [2.05, 4.69) is 24.0 Å². The van der Waals surface area contributed by atoms with Gasteiger partial charge in [0.1, 0.15) is 0 Å². The summed E-state index contributed by atoms with van der Waals surface area (Å²) in [7, 11) is 0. The van der Waals surface area contributed by atoms with Crippen LogP contribution in [0.3, 0.4) is 0 Å². The van der Waals surface area contributed by atoms with E-state index in [1.807, 2.05) is 0 Å². The molecule has 0 heterocycles. The Bertz CT molecular complexity index is 112. The summed E-state index contributed by atoms with van der Waals surface area (Å²) in [5.41, 5.74) is 4.02. The minimum atomic E-state index is -2.54. The molecule has 2 N–H and O–H groups in total. The molecule has 0 saturated heterocycles. The molecule has 9 heavy (non-hydrogen) atoms. The van der Waals surface area contributed by atoms with Crippen LogP contribution in [0, 0.1) is 0 Å². The zero-order valence-electron chi connectivity index (χ0n) is 4.82. The first kappa shape index (κ1) is 7.94. The number of hydrogen-bond donors (Lipinski definition) is 2. The lowest BCUT2D eigenvalue weighted by molar-refractivity contribution is 0.178. The molecular formula is C5H8F2N2. The first-order valence-electron chi connectivity index (χ1n) is 2.28. The van der Waals surface area contributed by atoms with Gasteiger partial charge >= 0.3 is 0 Å². The molecule has 0 aliphatic carbocycles. The molecule has 0 aromatic carbocycles. The van der Waals surface area contributed by atoms with E-state index in [0.29, 0.717) is 0 Å². The van der Waals surface area contributed by atoms with Crippen molar-refractivity contribution in [3.05, 3.63) is 25.1 Å². The summed E-state index contributed by atoms with van der Waals surface area (Å²) in [6.07, 6.45) is -1.30. The molecule has 0 amide bonds. The highest BCUT2D eigenvalue weighted by Gasteiger charge is 2.04. The van der Waals surface area contributed by atoms with E-state index >= 15 is 0 Å². The monoisotopic (exact) mass is 134 g/mol. The fraction of sp³-hybridized carbons (Fsp3) is 0.200. The number of rotatable bonds is 4. The van der Waals surface area contributed by atoms with Crippen LogP contribution in [0.25, 0.3) is 0 Å². The van der Waals surface area contributed by atoms with Gasteiger partial charge in [-0.25, -0.2) is 8.78 Å². The first-order chi connectivity index (χ1) is 4.18. The van der Waals surface area contributed by atoms with Crippen LogP contribution in [0.5, 0.6) is 0 Å². The molecule has 0 aliphatic rings. The van der Waals surface area contributed by atoms with Gasteiger partial charge in [-0.1, -0.05) is 13.2 Å². The summed E-state index contributed by atoms with van der Waals surface area (Å²) in [4.78, 5) is 0. The second kappa shape index (κ2) is 3.88. The molecule has 0 unspecified atom stereocenters. The predicted molar refractivity (Wildman–Crippen MR) is 31.6 cm³/mol. The van der Waals surface area contributed by atoms with Crippen molar-refractivity contribution < 1.29 is 8.78 Å². The molecule has 0 aromatic rings. The van der Waals surface area contributed by atoms with E-state index in [0.717, 1.165) is 0 Å². The summed E-state index contributed by atoms with van der Waals surface area (Å²) < 4.78 is 23.0. The van der Waals surface area contributed by atoms with Crippen molar-refractivity contribution in [2.45, 2.75) is 6.43 Å². The van der Waals surface area contributed by atoms with Crippen LogP contribution in [0.1, 0.15) is 0 Å². The highest BCUT2D eigenvalue weighted by atomic mass is 19.3. The van der Waals surface area contributed by atoms with Crippen LogP contribution in [0.15, 0.2) is 25.1 Å². The van der Waals surface area contributed by atoms with Crippen molar-refractivity contribution in [2.75, 3.05) is 0 Å². The van der Waals surface area contributed by atoms with Crippen molar-refractivity contribution in [1.82, 2.24) is 10.9 Å². The fourth-order valence-corrected chi connectivity index (χ4v) is 0.198. The van der Waals surface area contributed by atoms with Crippen LogP contribution in [-0.2, 0) is 0 Å². The van der Waals surface area contributed by atoms with Gasteiger partial charge < -0.3 is 10.9 Å². The Hall–Kier alpha value is -1.06. The van der Waals surface area contributed by atoms with Crippen molar-refractivity contribution in [1.29, 1.82) is 0 Å². The second-order valence-electron chi connectivity index (χ2n) is 1.30. The Balaban J connectivity index is 3.38. The highest BCUT2D eigenvalue weighted by Crippen LogP contribution is 1.99. The number of nitrogens with one attached hydrogen (secondary N) is 2. The van der Waals surface area contributed by atoms with Gasteiger partial charge in [-0.2, -0.15) is 0 Å². The quantitative estimate of drug-likeness (QED) is 0.560. The van der Waals surface area contributed by atoms with E-state index in [1.54, 1.807) is 0 Å². The molecule has 0 aromatic heterocycles. The van der Waals surface area contributed by atoms with E-state index in [9.17, 15) is 8.78 Å². The van der Waals surface area contributed by atoms with Gasteiger partial charge in [0.25, 0.3) is 6.43 Å². The Kier molecular flexibility index (Phi) is 3.43. The molecule has 0 aliphatic heterocycles. The zero-order chi connectivity index (χ0) is 7.28. The fourth-order valence-electron chi connectivity index (χ4n) is 0.198. The average molecular weight is 134 g/mol. The van der Waals surface area contributed by atoms with E-state index in [-0.39, 0.29) is 5.70 Å². The molecule has 52 valence electrons. The van der Waals surface area contributed by atoms with Crippen LogP contribution in [0.2, 0.25) is 0 Å². The lowest BCUT2D eigenvalue weighted by atomic mass is 10.5. The van der Waals surface area contributed by atoms with E-state index < -0.39 is 6.43 Å². The van der Waals surface area contributed by atoms with Crippen molar-refractivity contribution in [2.24, 2.45) is 0 Å². The molecule has 0 rings (SSSR count). The van der Waals surface area contributed by atoms with Crippen LogP contribution < -0.4 is 10.9 Å². The van der Waals surface area contributed by atoms with Crippen LogP contribution in [-0.4, -0.2) is 6.43 Å². The van der Waals surface area contributed by atoms with Crippen LogP contribution in [0.4, 0.5) is 8.78 Å². The maximum atomic E-state index is 11.5. The Morgan fingerprint density at radius 1 is 1.56 bits per heavy atom. The third-order valence-electron chi connectivity index (χ3n) is 0.598. The molecule has 0 saturated carbocycles. The molecular weight excluding hydrogens is 126 g/mol. The van der Waals surface area contributed by atoms with Gasteiger partial charge in [-0.05, 0) is 0 Å². The highest BCUT2D eigenvalue weighted by molar-refractivity contribution is 4.93. The predicted octanol–water partition coefficient (Wildman–Crippen LogP) is 1.00. The Morgan fingerprint density at radius 2 is 2.11 bits per heavy atom. The lowest BCUT2D eigenvalue weighted by Crippen LogP contribution is -2.28. The first-order valence-corrected chi connectivity index (χ1v) is 2.28. The standard InChI is InChI=1S/C5H8F2N2/c1-3-8-9-4(2)5(6)7/h3,5,8-9H,1-2H2. The largest absolute Gasteiger partial charge is 0.309 e. The molecule has 0 spiro atoms. The van der Waals surface area contributed by atoms with Gasteiger partial charge in [0.2, 0.25) is 0 Å². The van der Waals surface area contributed by atoms with Crippen LogP contribution >= 0.6 is 0 Å². The normalized spacial score (nSPS) is 8.78.